The molecular weight excluding hydrogens is 362 g/mol. The number of rotatable bonds is 2. The molecule has 1 fully saturated rings. The highest BCUT2D eigenvalue weighted by Crippen LogP contribution is 2.22. The highest BCUT2D eigenvalue weighted by Gasteiger charge is 2.31. The Labute approximate surface area is 172 Å². The third kappa shape index (κ3) is 3.91. The molecule has 2 heterocycles. The Morgan fingerprint density at radius 2 is 1.83 bits per heavy atom. The van der Waals surface area contributed by atoms with Crippen LogP contribution in [0.25, 0.3) is 0 Å². The van der Waals surface area contributed by atoms with Gasteiger partial charge in [0.1, 0.15) is 0 Å². The lowest BCUT2D eigenvalue weighted by molar-refractivity contribution is 0.0413. The quantitative estimate of drug-likeness (QED) is 0.787. The number of amides is 2. The van der Waals surface area contributed by atoms with Gasteiger partial charge in [-0.15, -0.1) is 0 Å². The fourth-order valence-corrected chi connectivity index (χ4v) is 4.54. The summed E-state index contributed by atoms with van der Waals surface area (Å²) >= 11 is 0. The topological polar surface area (TPSA) is 53.5 Å². The zero-order valence-corrected chi connectivity index (χ0v) is 17.6. The molecule has 2 amide bonds. The van der Waals surface area contributed by atoms with Crippen LogP contribution < -0.4 is 0 Å². The van der Waals surface area contributed by atoms with E-state index in [2.05, 4.69) is 4.98 Å². The van der Waals surface area contributed by atoms with Gasteiger partial charge in [-0.25, -0.2) is 0 Å². The van der Waals surface area contributed by atoms with Crippen molar-refractivity contribution in [3.05, 3.63) is 64.0 Å². The average molecular weight is 392 g/mol. The number of hydrogen-bond acceptors (Lipinski definition) is 3. The number of benzene rings is 1. The highest BCUT2D eigenvalue weighted by molar-refractivity contribution is 5.97. The van der Waals surface area contributed by atoms with Gasteiger partial charge in [0.15, 0.2) is 0 Å². The molecule has 1 atom stereocenters. The molecule has 1 unspecified atom stereocenters. The lowest BCUT2D eigenvalue weighted by Gasteiger charge is -2.40. The van der Waals surface area contributed by atoms with Gasteiger partial charge < -0.3 is 9.80 Å². The minimum absolute atomic E-state index is 0.0250. The lowest BCUT2D eigenvalue weighted by Crippen LogP contribution is -2.55. The first kappa shape index (κ1) is 19.6. The minimum atomic E-state index is -0.0259. The Bertz CT molecular complexity index is 953. The van der Waals surface area contributed by atoms with Crippen molar-refractivity contribution in [2.75, 3.05) is 19.6 Å². The summed E-state index contributed by atoms with van der Waals surface area (Å²) in [6.07, 6.45) is 6.10. The van der Waals surface area contributed by atoms with Crippen molar-refractivity contribution in [2.45, 2.75) is 52.5 Å². The number of hydrogen-bond donors (Lipinski definition) is 0. The summed E-state index contributed by atoms with van der Waals surface area (Å²) in [5.74, 6) is 0.0777. The Morgan fingerprint density at radius 1 is 1.03 bits per heavy atom. The van der Waals surface area contributed by atoms with Crippen molar-refractivity contribution in [3.63, 3.8) is 0 Å². The van der Waals surface area contributed by atoms with E-state index >= 15 is 0 Å². The molecule has 1 aromatic carbocycles. The van der Waals surface area contributed by atoms with E-state index in [9.17, 15) is 9.59 Å². The van der Waals surface area contributed by atoms with Gasteiger partial charge in [-0.1, -0.05) is 17.7 Å². The van der Waals surface area contributed by atoms with Gasteiger partial charge in [-0.05, 0) is 69.7 Å². The van der Waals surface area contributed by atoms with Crippen molar-refractivity contribution in [2.24, 2.45) is 0 Å². The van der Waals surface area contributed by atoms with Crippen molar-refractivity contribution in [1.29, 1.82) is 0 Å². The molecule has 152 valence electrons. The van der Waals surface area contributed by atoms with E-state index in [0.29, 0.717) is 25.2 Å². The molecule has 5 heteroatoms. The molecule has 1 aromatic heterocycles. The summed E-state index contributed by atoms with van der Waals surface area (Å²) < 4.78 is 0. The zero-order valence-electron chi connectivity index (χ0n) is 17.6. The van der Waals surface area contributed by atoms with Crippen molar-refractivity contribution in [1.82, 2.24) is 14.8 Å². The van der Waals surface area contributed by atoms with Crippen LogP contribution in [-0.2, 0) is 12.8 Å². The number of nitrogens with zero attached hydrogens (tertiary/aromatic N) is 3. The Hall–Kier alpha value is -2.69. The monoisotopic (exact) mass is 391 g/mol. The number of carbonyl (C=O) groups excluding carboxylic acids is 2. The van der Waals surface area contributed by atoms with Gasteiger partial charge in [0.2, 0.25) is 0 Å². The molecule has 5 nitrogen and oxygen atoms in total. The van der Waals surface area contributed by atoms with Crippen LogP contribution in [0.4, 0.5) is 0 Å². The van der Waals surface area contributed by atoms with Crippen LogP contribution >= 0.6 is 0 Å². The highest BCUT2D eigenvalue weighted by atomic mass is 16.2. The van der Waals surface area contributed by atoms with Crippen LogP contribution in [0.3, 0.4) is 0 Å². The van der Waals surface area contributed by atoms with Gasteiger partial charge in [-0.2, -0.15) is 0 Å². The van der Waals surface area contributed by atoms with Crippen LogP contribution in [0.1, 0.15) is 62.9 Å². The van der Waals surface area contributed by atoms with Gasteiger partial charge in [-0.3, -0.25) is 14.6 Å². The summed E-state index contributed by atoms with van der Waals surface area (Å²) in [6, 6.07) is 7.94. The molecule has 0 radical (unpaired) electrons. The second kappa shape index (κ2) is 7.97. The largest absolute Gasteiger partial charge is 0.335 e. The fraction of sp³-hybridized carbons (Fsp3) is 0.458. The number of piperazine rings is 1. The summed E-state index contributed by atoms with van der Waals surface area (Å²) in [7, 11) is 0. The van der Waals surface area contributed by atoms with E-state index in [0.717, 1.165) is 35.2 Å². The molecular formula is C24H29N3O2. The maximum atomic E-state index is 13.1. The van der Waals surface area contributed by atoms with E-state index in [1.807, 2.05) is 54.8 Å². The molecule has 0 saturated carbocycles. The molecule has 1 aliphatic carbocycles. The Morgan fingerprint density at radius 3 is 2.59 bits per heavy atom. The number of pyridine rings is 1. The van der Waals surface area contributed by atoms with Crippen LogP contribution in [0.2, 0.25) is 0 Å². The molecule has 0 spiro atoms. The molecule has 2 aromatic rings. The van der Waals surface area contributed by atoms with E-state index < -0.39 is 0 Å². The van der Waals surface area contributed by atoms with E-state index in [4.69, 9.17) is 0 Å². The molecule has 4 rings (SSSR count). The maximum Gasteiger partial charge on any atom is 0.255 e. The molecule has 0 N–H and O–H groups in total. The van der Waals surface area contributed by atoms with E-state index in [-0.39, 0.29) is 17.9 Å². The fourth-order valence-electron chi connectivity index (χ4n) is 4.54. The second-order valence-corrected chi connectivity index (χ2v) is 8.45. The summed E-state index contributed by atoms with van der Waals surface area (Å²) in [6.45, 7) is 7.69. The van der Waals surface area contributed by atoms with Gasteiger partial charge in [0.25, 0.3) is 11.8 Å². The first-order chi connectivity index (χ1) is 13.9. The SMILES string of the molecule is Cc1ccc(C(=O)N2CCN(C(=O)c3cnc4c(c3)CCCC4)C(C)C2)c(C)c1. The van der Waals surface area contributed by atoms with Crippen molar-refractivity contribution < 1.29 is 9.59 Å². The number of aryl methyl sites for hydroxylation is 4. The number of fused-ring (bicyclic) bond motifs is 1. The van der Waals surface area contributed by atoms with Gasteiger partial charge >= 0.3 is 0 Å². The molecule has 0 bridgehead atoms. The average Bonchev–Trinajstić information content (AvgIpc) is 2.72. The molecule has 1 saturated heterocycles. The lowest BCUT2D eigenvalue weighted by atomic mass is 9.95. The Kier molecular flexibility index (Phi) is 5.39. The third-order valence-corrected chi connectivity index (χ3v) is 6.20. The molecule has 2 aliphatic rings. The summed E-state index contributed by atoms with van der Waals surface area (Å²) in [5.41, 5.74) is 5.94. The van der Waals surface area contributed by atoms with Crippen molar-refractivity contribution in [3.8, 4) is 0 Å². The predicted molar refractivity (Wildman–Crippen MR) is 113 cm³/mol. The summed E-state index contributed by atoms with van der Waals surface area (Å²) in [4.78, 5) is 34.4. The smallest absolute Gasteiger partial charge is 0.255 e. The normalized spacial score (nSPS) is 19.1. The number of carbonyl (C=O) groups is 2. The minimum Gasteiger partial charge on any atom is -0.335 e. The first-order valence-corrected chi connectivity index (χ1v) is 10.6. The zero-order chi connectivity index (χ0) is 20.5. The van der Waals surface area contributed by atoms with Crippen LogP contribution in [0, 0.1) is 13.8 Å². The van der Waals surface area contributed by atoms with Gasteiger partial charge in [0, 0.05) is 43.1 Å². The third-order valence-electron chi connectivity index (χ3n) is 6.20. The van der Waals surface area contributed by atoms with Crippen molar-refractivity contribution >= 4 is 11.8 Å². The molecule has 1 aliphatic heterocycles. The number of aromatic nitrogens is 1. The van der Waals surface area contributed by atoms with E-state index in [1.54, 1.807) is 6.20 Å². The Balaban J connectivity index is 1.46. The van der Waals surface area contributed by atoms with Crippen LogP contribution in [-0.4, -0.2) is 52.3 Å². The van der Waals surface area contributed by atoms with Gasteiger partial charge in [0.05, 0.1) is 5.56 Å². The van der Waals surface area contributed by atoms with Crippen LogP contribution in [0.15, 0.2) is 30.5 Å². The first-order valence-electron chi connectivity index (χ1n) is 10.6. The standard InChI is InChI=1S/C24H29N3O2/c1-16-8-9-21(17(2)12-16)24(29)26-10-11-27(18(3)15-26)23(28)20-13-19-6-4-5-7-22(19)25-14-20/h8-9,12-14,18H,4-7,10-11,15H2,1-3H3. The predicted octanol–water partition coefficient (Wildman–Crippen LogP) is 3.56. The van der Waals surface area contributed by atoms with E-state index in [1.165, 1.54) is 18.4 Å². The van der Waals surface area contributed by atoms with Crippen LogP contribution in [0.5, 0.6) is 0 Å². The summed E-state index contributed by atoms with van der Waals surface area (Å²) in [5, 5.41) is 0. The maximum absolute atomic E-state index is 13.1. The molecule has 29 heavy (non-hydrogen) atoms. The second-order valence-electron chi connectivity index (χ2n) is 8.45.